The maximum Gasteiger partial charge on any atom is 0.255 e. The first-order valence-electron chi connectivity index (χ1n) is 5.84. The molecule has 0 spiro atoms. The summed E-state index contributed by atoms with van der Waals surface area (Å²) in [5.41, 5.74) is 0.262. The standard InChI is InChI=1S/C13H14N4O2/c18-11-5-2-1-4-10(11)12(19)14-8-9-17-13-15-6-3-7-16-13/h1-7,18H,8-9H2,(H,14,19)(H,15,16,17). The molecule has 0 unspecified atom stereocenters. The van der Waals surface area contributed by atoms with Crippen LogP contribution in [0.5, 0.6) is 5.75 Å². The van der Waals surface area contributed by atoms with E-state index < -0.39 is 0 Å². The lowest BCUT2D eigenvalue weighted by molar-refractivity contribution is 0.0952. The Bertz CT molecular complexity index is 545. The molecule has 0 aliphatic carbocycles. The largest absolute Gasteiger partial charge is 0.507 e. The highest BCUT2D eigenvalue weighted by Gasteiger charge is 2.08. The monoisotopic (exact) mass is 258 g/mol. The average Bonchev–Trinajstić information content (AvgIpc) is 2.45. The quantitative estimate of drug-likeness (QED) is 0.697. The number of para-hydroxylation sites is 1. The molecule has 1 aromatic heterocycles. The zero-order valence-corrected chi connectivity index (χ0v) is 10.2. The summed E-state index contributed by atoms with van der Waals surface area (Å²) in [6, 6.07) is 8.14. The van der Waals surface area contributed by atoms with Gasteiger partial charge in [-0.25, -0.2) is 9.97 Å². The van der Waals surface area contributed by atoms with E-state index in [1.807, 2.05) is 0 Å². The lowest BCUT2D eigenvalue weighted by Crippen LogP contribution is -2.29. The van der Waals surface area contributed by atoms with Gasteiger partial charge in [0.1, 0.15) is 5.75 Å². The molecule has 0 fully saturated rings. The number of carbonyl (C=O) groups is 1. The fraction of sp³-hybridized carbons (Fsp3) is 0.154. The average molecular weight is 258 g/mol. The molecule has 0 saturated carbocycles. The maximum absolute atomic E-state index is 11.7. The third-order valence-electron chi connectivity index (χ3n) is 2.41. The summed E-state index contributed by atoms with van der Waals surface area (Å²) in [5.74, 6) is 0.174. The van der Waals surface area contributed by atoms with Crippen molar-refractivity contribution in [2.75, 3.05) is 18.4 Å². The second-order valence-corrected chi connectivity index (χ2v) is 3.77. The summed E-state index contributed by atoms with van der Waals surface area (Å²) in [7, 11) is 0. The summed E-state index contributed by atoms with van der Waals surface area (Å²) in [6.45, 7) is 0.911. The summed E-state index contributed by atoms with van der Waals surface area (Å²) in [5, 5.41) is 15.2. The van der Waals surface area contributed by atoms with Gasteiger partial charge in [0.05, 0.1) is 5.56 Å². The van der Waals surface area contributed by atoms with Crippen molar-refractivity contribution in [2.45, 2.75) is 0 Å². The third kappa shape index (κ3) is 3.67. The van der Waals surface area contributed by atoms with Crippen LogP contribution in [-0.2, 0) is 0 Å². The van der Waals surface area contributed by atoms with Gasteiger partial charge in [-0.05, 0) is 18.2 Å². The van der Waals surface area contributed by atoms with Crippen LogP contribution < -0.4 is 10.6 Å². The summed E-state index contributed by atoms with van der Waals surface area (Å²) >= 11 is 0. The van der Waals surface area contributed by atoms with Crippen molar-refractivity contribution >= 4 is 11.9 Å². The van der Waals surface area contributed by atoms with Gasteiger partial charge in [-0.2, -0.15) is 0 Å². The topological polar surface area (TPSA) is 87.1 Å². The molecule has 1 amide bonds. The summed E-state index contributed by atoms with van der Waals surface area (Å²) < 4.78 is 0. The second-order valence-electron chi connectivity index (χ2n) is 3.77. The molecule has 0 radical (unpaired) electrons. The molecule has 0 saturated heterocycles. The van der Waals surface area contributed by atoms with Crippen LogP contribution >= 0.6 is 0 Å². The summed E-state index contributed by atoms with van der Waals surface area (Å²) in [4.78, 5) is 19.7. The lowest BCUT2D eigenvalue weighted by atomic mass is 10.2. The van der Waals surface area contributed by atoms with Crippen LogP contribution in [0.15, 0.2) is 42.7 Å². The van der Waals surface area contributed by atoms with Gasteiger partial charge in [-0.3, -0.25) is 4.79 Å². The van der Waals surface area contributed by atoms with Crippen molar-refractivity contribution in [1.29, 1.82) is 0 Å². The highest BCUT2D eigenvalue weighted by molar-refractivity contribution is 5.96. The Balaban J connectivity index is 1.77. The van der Waals surface area contributed by atoms with E-state index >= 15 is 0 Å². The maximum atomic E-state index is 11.7. The van der Waals surface area contributed by atoms with E-state index in [2.05, 4.69) is 20.6 Å². The molecule has 0 aliphatic rings. The molecule has 19 heavy (non-hydrogen) atoms. The number of hydrogen-bond acceptors (Lipinski definition) is 5. The van der Waals surface area contributed by atoms with E-state index in [9.17, 15) is 9.90 Å². The number of phenolic OH excluding ortho intramolecular Hbond substituents is 1. The normalized spacial score (nSPS) is 9.89. The first-order chi connectivity index (χ1) is 9.27. The molecule has 3 N–H and O–H groups in total. The number of amides is 1. The van der Waals surface area contributed by atoms with Gasteiger partial charge in [-0.15, -0.1) is 0 Å². The molecule has 2 aromatic rings. The Kier molecular flexibility index (Phi) is 4.28. The Morgan fingerprint density at radius 2 is 1.84 bits per heavy atom. The van der Waals surface area contributed by atoms with Crippen molar-refractivity contribution < 1.29 is 9.90 Å². The fourth-order valence-electron chi connectivity index (χ4n) is 1.50. The predicted octanol–water partition coefficient (Wildman–Crippen LogP) is 1.02. The zero-order chi connectivity index (χ0) is 13.5. The van der Waals surface area contributed by atoms with Crippen LogP contribution in [0, 0.1) is 0 Å². The smallest absolute Gasteiger partial charge is 0.255 e. The predicted molar refractivity (Wildman–Crippen MR) is 71.0 cm³/mol. The Hall–Kier alpha value is -2.63. The fourth-order valence-corrected chi connectivity index (χ4v) is 1.50. The highest BCUT2D eigenvalue weighted by atomic mass is 16.3. The van der Waals surface area contributed by atoms with Gasteiger partial charge >= 0.3 is 0 Å². The SMILES string of the molecule is O=C(NCCNc1ncccn1)c1ccccc1O. The highest BCUT2D eigenvalue weighted by Crippen LogP contribution is 2.14. The van der Waals surface area contributed by atoms with Gasteiger partial charge in [0.25, 0.3) is 5.91 Å². The van der Waals surface area contributed by atoms with Crippen LogP contribution in [-0.4, -0.2) is 34.1 Å². The van der Waals surface area contributed by atoms with E-state index in [0.717, 1.165) is 0 Å². The number of anilines is 1. The molecule has 6 nitrogen and oxygen atoms in total. The van der Waals surface area contributed by atoms with Crippen molar-refractivity contribution in [1.82, 2.24) is 15.3 Å². The number of benzene rings is 1. The minimum absolute atomic E-state index is 0.0284. The number of carbonyl (C=O) groups excluding carboxylic acids is 1. The van der Waals surface area contributed by atoms with E-state index in [1.54, 1.807) is 36.7 Å². The molecule has 1 aromatic carbocycles. The molecule has 0 aliphatic heterocycles. The first kappa shape index (κ1) is 12.8. The Morgan fingerprint density at radius 1 is 1.11 bits per heavy atom. The van der Waals surface area contributed by atoms with Crippen molar-refractivity contribution in [3.63, 3.8) is 0 Å². The molecule has 2 rings (SSSR count). The van der Waals surface area contributed by atoms with Crippen molar-refractivity contribution in [2.24, 2.45) is 0 Å². The van der Waals surface area contributed by atoms with Crippen LogP contribution in [0.3, 0.4) is 0 Å². The molecular weight excluding hydrogens is 244 g/mol. The number of aromatic nitrogens is 2. The van der Waals surface area contributed by atoms with E-state index in [0.29, 0.717) is 19.0 Å². The number of nitrogens with one attached hydrogen (secondary N) is 2. The van der Waals surface area contributed by atoms with Crippen LogP contribution in [0.25, 0.3) is 0 Å². The van der Waals surface area contributed by atoms with Crippen LogP contribution in [0.4, 0.5) is 5.95 Å². The Labute approximate surface area is 110 Å². The van der Waals surface area contributed by atoms with Gasteiger partial charge in [-0.1, -0.05) is 12.1 Å². The van der Waals surface area contributed by atoms with Gasteiger partial charge in [0, 0.05) is 25.5 Å². The number of hydrogen-bond donors (Lipinski definition) is 3. The minimum Gasteiger partial charge on any atom is -0.507 e. The van der Waals surface area contributed by atoms with Crippen LogP contribution in [0.2, 0.25) is 0 Å². The van der Waals surface area contributed by atoms with E-state index in [-0.39, 0.29) is 17.2 Å². The van der Waals surface area contributed by atoms with Gasteiger partial charge in [0.2, 0.25) is 5.95 Å². The Morgan fingerprint density at radius 3 is 2.58 bits per heavy atom. The minimum atomic E-state index is -0.311. The van der Waals surface area contributed by atoms with Crippen LogP contribution in [0.1, 0.15) is 10.4 Å². The molecule has 98 valence electrons. The lowest BCUT2D eigenvalue weighted by Gasteiger charge is -2.07. The van der Waals surface area contributed by atoms with E-state index in [4.69, 9.17) is 0 Å². The number of rotatable bonds is 5. The van der Waals surface area contributed by atoms with Crippen molar-refractivity contribution in [3.8, 4) is 5.75 Å². The van der Waals surface area contributed by atoms with E-state index in [1.165, 1.54) is 6.07 Å². The number of phenols is 1. The second kappa shape index (κ2) is 6.34. The zero-order valence-electron chi connectivity index (χ0n) is 10.2. The summed E-state index contributed by atoms with van der Waals surface area (Å²) in [6.07, 6.45) is 3.27. The van der Waals surface area contributed by atoms with Gasteiger partial charge in [0.15, 0.2) is 0 Å². The molecule has 6 heteroatoms. The number of nitrogens with zero attached hydrogens (tertiary/aromatic N) is 2. The number of aromatic hydroxyl groups is 1. The van der Waals surface area contributed by atoms with Crippen molar-refractivity contribution in [3.05, 3.63) is 48.3 Å². The van der Waals surface area contributed by atoms with Gasteiger partial charge < -0.3 is 15.7 Å². The first-order valence-corrected chi connectivity index (χ1v) is 5.84. The third-order valence-corrected chi connectivity index (χ3v) is 2.41. The molecular formula is C13H14N4O2. The molecule has 1 heterocycles. The molecule has 0 bridgehead atoms. The molecule has 0 atom stereocenters.